The topological polar surface area (TPSA) is 84.9 Å². The normalized spacial score (nSPS) is 13.7. The van der Waals surface area contributed by atoms with Crippen LogP contribution >= 0.6 is 23.2 Å². The van der Waals surface area contributed by atoms with Gasteiger partial charge in [-0.05, 0) is 61.9 Å². The maximum Gasteiger partial charge on any atom is 0.264 e. The molecule has 35 heavy (non-hydrogen) atoms. The molecule has 7 nitrogen and oxygen atoms in total. The lowest BCUT2D eigenvalue weighted by Crippen LogP contribution is -2.41. The fourth-order valence-electron chi connectivity index (χ4n) is 3.67. The molecule has 0 fully saturated rings. The third-order valence-corrected chi connectivity index (χ3v) is 7.70. The number of fused-ring (bicyclic) bond motifs is 1. The van der Waals surface area contributed by atoms with Crippen molar-refractivity contribution in [2.75, 3.05) is 24.1 Å². The maximum atomic E-state index is 13.5. The Labute approximate surface area is 214 Å². The van der Waals surface area contributed by atoms with Gasteiger partial charge in [0, 0.05) is 10.0 Å². The van der Waals surface area contributed by atoms with E-state index in [1.165, 1.54) is 30.3 Å². The number of ether oxygens (including phenoxy) is 2. The molecule has 1 atom stereocenters. The van der Waals surface area contributed by atoms with E-state index in [0.717, 1.165) is 15.4 Å². The van der Waals surface area contributed by atoms with Gasteiger partial charge in [0.25, 0.3) is 10.0 Å². The number of hydrogen-bond donors (Lipinski definition) is 1. The van der Waals surface area contributed by atoms with E-state index in [9.17, 15) is 13.2 Å². The Morgan fingerprint density at radius 1 is 0.971 bits per heavy atom. The Bertz CT molecular complexity index is 1330. The van der Waals surface area contributed by atoms with Crippen molar-refractivity contribution in [2.24, 2.45) is 0 Å². The van der Waals surface area contributed by atoms with Crippen LogP contribution in [0.25, 0.3) is 0 Å². The summed E-state index contributed by atoms with van der Waals surface area (Å²) in [5.74, 6) is 0.748. The fraction of sp³-hybridized carbons (Fsp3) is 0.240. The summed E-state index contributed by atoms with van der Waals surface area (Å²) in [5.41, 5.74) is 1.89. The van der Waals surface area contributed by atoms with E-state index in [-0.39, 0.29) is 20.6 Å². The second kappa shape index (κ2) is 10.4. The summed E-state index contributed by atoms with van der Waals surface area (Å²) in [7, 11) is -4.09. The van der Waals surface area contributed by atoms with E-state index in [1.807, 2.05) is 13.0 Å². The second-order valence-electron chi connectivity index (χ2n) is 8.14. The molecule has 1 amide bonds. The third kappa shape index (κ3) is 5.83. The van der Waals surface area contributed by atoms with Gasteiger partial charge in [-0.25, -0.2) is 8.42 Å². The lowest BCUT2D eigenvalue weighted by Gasteiger charge is -2.26. The molecule has 0 aliphatic carbocycles. The van der Waals surface area contributed by atoms with Crippen LogP contribution in [0, 0.1) is 6.92 Å². The highest BCUT2D eigenvalue weighted by Gasteiger charge is 2.28. The Balaban J connectivity index is 1.60. The van der Waals surface area contributed by atoms with Crippen molar-refractivity contribution >= 4 is 44.8 Å². The molecule has 3 aromatic carbocycles. The van der Waals surface area contributed by atoms with Gasteiger partial charge in [-0.3, -0.25) is 9.10 Å². The first-order chi connectivity index (χ1) is 16.6. The molecule has 1 aliphatic heterocycles. The molecule has 1 heterocycles. The number of rotatable bonds is 7. The number of anilines is 1. The van der Waals surface area contributed by atoms with E-state index in [4.69, 9.17) is 32.7 Å². The average Bonchev–Trinajstić information content (AvgIpc) is 2.81. The molecular weight excluding hydrogens is 511 g/mol. The highest BCUT2D eigenvalue weighted by molar-refractivity contribution is 7.92. The summed E-state index contributed by atoms with van der Waals surface area (Å²) in [6, 6.07) is 15.8. The average molecular weight is 535 g/mol. The lowest BCUT2D eigenvalue weighted by molar-refractivity contribution is -0.120. The van der Waals surface area contributed by atoms with Gasteiger partial charge in [0.15, 0.2) is 11.5 Å². The summed E-state index contributed by atoms with van der Waals surface area (Å²) in [4.78, 5) is 13.1. The summed E-state index contributed by atoms with van der Waals surface area (Å²) in [6.45, 7) is 4.13. The molecule has 1 aliphatic rings. The highest BCUT2D eigenvalue weighted by Crippen LogP contribution is 2.33. The van der Waals surface area contributed by atoms with Crippen LogP contribution in [0.5, 0.6) is 11.5 Å². The van der Waals surface area contributed by atoms with Crippen LogP contribution in [-0.4, -0.2) is 34.1 Å². The van der Waals surface area contributed by atoms with Gasteiger partial charge in [0.05, 0.1) is 16.6 Å². The number of carbonyl (C=O) groups excluding carboxylic acids is 1. The standard InChI is InChI=1S/C25H24Cl2N2O5S/c1-16-3-6-22(7-4-16)35(31,32)29(21-13-19(26)12-20(27)14-21)15-25(30)28-17(2)18-5-8-23-24(11-18)34-10-9-33-23/h3-8,11-14,17H,9-10,15H2,1-2H3,(H,28,30). The number of carbonyl (C=O) groups is 1. The number of hydrogen-bond acceptors (Lipinski definition) is 5. The van der Waals surface area contributed by atoms with Gasteiger partial charge in [-0.15, -0.1) is 0 Å². The number of nitrogens with zero attached hydrogens (tertiary/aromatic N) is 1. The highest BCUT2D eigenvalue weighted by atomic mass is 35.5. The number of nitrogens with one attached hydrogen (secondary N) is 1. The van der Waals surface area contributed by atoms with Crippen molar-refractivity contribution in [3.63, 3.8) is 0 Å². The van der Waals surface area contributed by atoms with E-state index in [0.29, 0.717) is 24.7 Å². The smallest absolute Gasteiger partial charge is 0.264 e. The maximum absolute atomic E-state index is 13.5. The van der Waals surface area contributed by atoms with Crippen LogP contribution in [-0.2, 0) is 14.8 Å². The molecule has 4 rings (SSSR count). The Morgan fingerprint density at radius 2 is 1.60 bits per heavy atom. The van der Waals surface area contributed by atoms with E-state index < -0.39 is 28.5 Å². The van der Waals surface area contributed by atoms with Crippen LogP contribution in [0.3, 0.4) is 0 Å². The zero-order valence-corrected chi connectivity index (χ0v) is 21.5. The van der Waals surface area contributed by atoms with Crippen molar-refractivity contribution in [1.82, 2.24) is 5.32 Å². The number of sulfonamides is 1. The monoisotopic (exact) mass is 534 g/mol. The minimum atomic E-state index is -4.09. The molecule has 0 saturated heterocycles. The van der Waals surface area contributed by atoms with Crippen LogP contribution in [0.4, 0.5) is 5.69 Å². The first-order valence-corrected chi connectivity index (χ1v) is 13.1. The zero-order valence-electron chi connectivity index (χ0n) is 19.1. The van der Waals surface area contributed by atoms with E-state index in [1.54, 1.807) is 31.2 Å². The minimum absolute atomic E-state index is 0.0480. The van der Waals surface area contributed by atoms with Gasteiger partial charge in [-0.1, -0.05) is 47.0 Å². The van der Waals surface area contributed by atoms with Gasteiger partial charge in [0.2, 0.25) is 5.91 Å². The molecular formula is C25H24Cl2N2O5S. The van der Waals surface area contributed by atoms with Gasteiger partial charge >= 0.3 is 0 Å². The molecule has 0 spiro atoms. The predicted molar refractivity (Wildman–Crippen MR) is 136 cm³/mol. The second-order valence-corrected chi connectivity index (χ2v) is 10.9. The van der Waals surface area contributed by atoms with Gasteiger partial charge in [0.1, 0.15) is 19.8 Å². The number of amides is 1. The lowest BCUT2D eigenvalue weighted by atomic mass is 10.1. The summed E-state index contributed by atoms with van der Waals surface area (Å²) >= 11 is 12.3. The molecule has 10 heteroatoms. The Kier molecular flexibility index (Phi) is 7.44. The van der Waals surface area contributed by atoms with Crippen LogP contribution < -0.4 is 19.1 Å². The minimum Gasteiger partial charge on any atom is -0.486 e. The first kappa shape index (κ1) is 25.2. The fourth-order valence-corrected chi connectivity index (χ4v) is 5.59. The van der Waals surface area contributed by atoms with Gasteiger partial charge in [-0.2, -0.15) is 0 Å². The predicted octanol–water partition coefficient (Wildman–Crippen LogP) is 5.15. The zero-order chi connectivity index (χ0) is 25.2. The Morgan fingerprint density at radius 3 is 2.26 bits per heavy atom. The number of halogens is 2. The van der Waals surface area contributed by atoms with Gasteiger partial charge < -0.3 is 14.8 Å². The third-order valence-electron chi connectivity index (χ3n) is 5.48. The molecule has 0 radical (unpaired) electrons. The van der Waals surface area contributed by atoms with Crippen molar-refractivity contribution in [2.45, 2.75) is 24.8 Å². The van der Waals surface area contributed by atoms with Crippen molar-refractivity contribution in [3.8, 4) is 11.5 Å². The first-order valence-electron chi connectivity index (χ1n) is 10.9. The van der Waals surface area contributed by atoms with Crippen molar-refractivity contribution in [3.05, 3.63) is 81.8 Å². The SMILES string of the molecule is Cc1ccc(S(=O)(=O)N(CC(=O)NC(C)c2ccc3c(c2)OCCO3)c2cc(Cl)cc(Cl)c2)cc1. The van der Waals surface area contributed by atoms with Crippen LogP contribution in [0.2, 0.25) is 10.0 Å². The summed E-state index contributed by atoms with van der Waals surface area (Å²) in [6.07, 6.45) is 0. The van der Waals surface area contributed by atoms with Crippen molar-refractivity contribution in [1.29, 1.82) is 0 Å². The molecule has 0 saturated carbocycles. The number of benzene rings is 3. The van der Waals surface area contributed by atoms with Crippen LogP contribution in [0.15, 0.2) is 65.6 Å². The van der Waals surface area contributed by atoms with Crippen molar-refractivity contribution < 1.29 is 22.7 Å². The summed E-state index contributed by atoms with van der Waals surface area (Å²) in [5, 5.41) is 3.36. The quantitative estimate of drug-likeness (QED) is 0.453. The van der Waals surface area contributed by atoms with E-state index in [2.05, 4.69) is 5.32 Å². The molecule has 1 unspecified atom stereocenters. The molecule has 0 aromatic heterocycles. The molecule has 1 N–H and O–H groups in total. The largest absolute Gasteiger partial charge is 0.486 e. The number of aryl methyl sites for hydroxylation is 1. The summed E-state index contributed by atoms with van der Waals surface area (Å²) < 4.78 is 39.3. The van der Waals surface area contributed by atoms with E-state index >= 15 is 0 Å². The molecule has 184 valence electrons. The van der Waals surface area contributed by atoms with Crippen LogP contribution in [0.1, 0.15) is 24.1 Å². The molecule has 3 aromatic rings. The Hall–Kier alpha value is -2.94. The molecule has 0 bridgehead atoms.